The highest BCUT2D eigenvalue weighted by Crippen LogP contribution is 2.22. The van der Waals surface area contributed by atoms with Crippen LogP contribution in [0, 0.1) is 0 Å². The van der Waals surface area contributed by atoms with Gasteiger partial charge < -0.3 is 15.4 Å². The molecule has 132 valence electrons. The van der Waals surface area contributed by atoms with Crippen molar-refractivity contribution in [1.82, 2.24) is 9.88 Å². The molecule has 4 rings (SSSR count). The van der Waals surface area contributed by atoms with Crippen LogP contribution in [0.3, 0.4) is 0 Å². The van der Waals surface area contributed by atoms with Gasteiger partial charge in [0.05, 0.1) is 12.7 Å². The Morgan fingerprint density at radius 2 is 2.04 bits per heavy atom. The number of benzene rings is 2. The van der Waals surface area contributed by atoms with Gasteiger partial charge in [-0.15, -0.1) is 0 Å². The number of amides is 1. The normalized spacial score (nSPS) is 17.4. The average molecular weight is 347 g/mol. The van der Waals surface area contributed by atoms with Crippen LogP contribution in [0.2, 0.25) is 0 Å². The SMILES string of the molecule is Nc1cc(C(=O)N2CCOC(Cc3cccc4ccccc34)C2)ccn1. The van der Waals surface area contributed by atoms with Gasteiger partial charge in [0.25, 0.3) is 5.91 Å². The predicted octanol–water partition coefficient (Wildman–Crippen LogP) is 2.90. The smallest absolute Gasteiger partial charge is 0.254 e. The standard InChI is InChI=1S/C21H21N3O2/c22-20-13-17(8-9-23-20)21(25)24-10-11-26-18(14-24)12-16-6-3-5-15-4-1-2-7-19(15)16/h1-9,13,18H,10-12,14H2,(H2,22,23). The fourth-order valence-electron chi connectivity index (χ4n) is 3.51. The van der Waals surface area contributed by atoms with Crippen molar-refractivity contribution in [2.75, 3.05) is 25.4 Å². The number of fused-ring (bicyclic) bond motifs is 1. The fraction of sp³-hybridized carbons (Fsp3) is 0.238. The third-order valence-electron chi connectivity index (χ3n) is 4.78. The highest BCUT2D eigenvalue weighted by molar-refractivity contribution is 5.94. The second-order valence-electron chi connectivity index (χ2n) is 6.56. The first-order chi connectivity index (χ1) is 12.7. The number of hydrogen-bond donors (Lipinski definition) is 1. The van der Waals surface area contributed by atoms with Crippen molar-refractivity contribution >= 4 is 22.5 Å². The lowest BCUT2D eigenvalue weighted by atomic mass is 9.99. The molecule has 0 aliphatic carbocycles. The Balaban J connectivity index is 1.51. The van der Waals surface area contributed by atoms with E-state index in [9.17, 15) is 4.79 Å². The molecular weight excluding hydrogens is 326 g/mol. The molecule has 5 nitrogen and oxygen atoms in total. The second kappa shape index (κ2) is 7.14. The lowest BCUT2D eigenvalue weighted by Crippen LogP contribution is -2.46. The van der Waals surface area contributed by atoms with Gasteiger partial charge in [-0.25, -0.2) is 4.98 Å². The zero-order valence-corrected chi connectivity index (χ0v) is 14.5. The minimum absolute atomic E-state index is 0.0160. The van der Waals surface area contributed by atoms with Crippen molar-refractivity contribution in [1.29, 1.82) is 0 Å². The number of morpholine rings is 1. The lowest BCUT2D eigenvalue weighted by molar-refractivity contribution is -0.0206. The molecule has 5 heteroatoms. The van der Waals surface area contributed by atoms with Crippen molar-refractivity contribution in [2.45, 2.75) is 12.5 Å². The molecule has 1 aromatic heterocycles. The Labute approximate surface area is 152 Å². The van der Waals surface area contributed by atoms with Crippen molar-refractivity contribution in [2.24, 2.45) is 0 Å². The molecule has 2 aromatic carbocycles. The second-order valence-corrected chi connectivity index (χ2v) is 6.56. The first-order valence-electron chi connectivity index (χ1n) is 8.80. The molecule has 2 N–H and O–H groups in total. The Kier molecular flexibility index (Phi) is 4.54. The summed E-state index contributed by atoms with van der Waals surface area (Å²) < 4.78 is 5.94. The molecule has 0 radical (unpaired) electrons. The summed E-state index contributed by atoms with van der Waals surface area (Å²) in [6.07, 6.45) is 2.33. The summed E-state index contributed by atoms with van der Waals surface area (Å²) in [5.41, 5.74) is 7.52. The molecule has 0 saturated carbocycles. The summed E-state index contributed by atoms with van der Waals surface area (Å²) in [5, 5.41) is 2.46. The highest BCUT2D eigenvalue weighted by Gasteiger charge is 2.25. The summed E-state index contributed by atoms with van der Waals surface area (Å²) in [5.74, 6) is 0.335. The van der Waals surface area contributed by atoms with Crippen LogP contribution in [0.5, 0.6) is 0 Å². The van der Waals surface area contributed by atoms with E-state index in [1.807, 2.05) is 11.0 Å². The first-order valence-corrected chi connectivity index (χ1v) is 8.80. The average Bonchev–Trinajstić information content (AvgIpc) is 2.68. The van der Waals surface area contributed by atoms with Gasteiger partial charge >= 0.3 is 0 Å². The summed E-state index contributed by atoms with van der Waals surface area (Å²) >= 11 is 0. The van der Waals surface area contributed by atoms with E-state index in [1.54, 1.807) is 18.3 Å². The van der Waals surface area contributed by atoms with Gasteiger partial charge in [0, 0.05) is 31.3 Å². The third kappa shape index (κ3) is 3.39. The fourth-order valence-corrected chi connectivity index (χ4v) is 3.51. The van der Waals surface area contributed by atoms with Crippen LogP contribution in [0.25, 0.3) is 10.8 Å². The molecular formula is C21H21N3O2. The maximum Gasteiger partial charge on any atom is 0.254 e. The van der Waals surface area contributed by atoms with Gasteiger partial charge in [-0.3, -0.25) is 4.79 Å². The van der Waals surface area contributed by atoms with Gasteiger partial charge in [0.1, 0.15) is 5.82 Å². The quantitative estimate of drug-likeness (QED) is 0.791. The van der Waals surface area contributed by atoms with E-state index in [4.69, 9.17) is 10.5 Å². The first kappa shape index (κ1) is 16.5. The van der Waals surface area contributed by atoms with E-state index >= 15 is 0 Å². The summed E-state index contributed by atoms with van der Waals surface area (Å²) in [6, 6.07) is 18.0. The third-order valence-corrected chi connectivity index (χ3v) is 4.78. The van der Waals surface area contributed by atoms with Gasteiger partial charge in [-0.05, 0) is 28.5 Å². The van der Waals surface area contributed by atoms with Crippen LogP contribution >= 0.6 is 0 Å². The number of hydrogen-bond acceptors (Lipinski definition) is 4. The maximum absolute atomic E-state index is 12.7. The maximum atomic E-state index is 12.7. The van der Waals surface area contributed by atoms with Crippen LogP contribution in [0.4, 0.5) is 5.82 Å². The molecule has 1 unspecified atom stereocenters. The van der Waals surface area contributed by atoms with Crippen LogP contribution in [0.15, 0.2) is 60.8 Å². The molecule has 1 aliphatic heterocycles. The lowest BCUT2D eigenvalue weighted by Gasteiger charge is -2.33. The van der Waals surface area contributed by atoms with Gasteiger partial charge in [0.2, 0.25) is 0 Å². The van der Waals surface area contributed by atoms with Gasteiger partial charge in [-0.2, -0.15) is 0 Å². The van der Waals surface area contributed by atoms with Gasteiger partial charge in [-0.1, -0.05) is 42.5 Å². The molecule has 0 bridgehead atoms. The molecule has 1 aliphatic rings. The van der Waals surface area contributed by atoms with Crippen LogP contribution in [0.1, 0.15) is 15.9 Å². The molecule has 3 aromatic rings. The van der Waals surface area contributed by atoms with E-state index in [-0.39, 0.29) is 12.0 Å². The number of rotatable bonds is 3. The number of carbonyl (C=O) groups excluding carboxylic acids is 1. The Morgan fingerprint density at radius 3 is 2.92 bits per heavy atom. The van der Waals surface area contributed by atoms with Crippen LogP contribution in [-0.4, -0.2) is 41.6 Å². The van der Waals surface area contributed by atoms with E-state index in [0.29, 0.717) is 31.1 Å². The van der Waals surface area contributed by atoms with E-state index in [1.165, 1.54) is 16.3 Å². The number of ether oxygens (including phenoxy) is 1. The molecule has 1 saturated heterocycles. The largest absolute Gasteiger partial charge is 0.384 e. The molecule has 1 atom stereocenters. The number of pyridine rings is 1. The zero-order chi connectivity index (χ0) is 17.9. The Morgan fingerprint density at radius 1 is 1.19 bits per heavy atom. The van der Waals surface area contributed by atoms with E-state index in [2.05, 4.69) is 41.4 Å². The minimum Gasteiger partial charge on any atom is -0.384 e. The monoisotopic (exact) mass is 347 g/mol. The minimum atomic E-state index is -0.0229. The van der Waals surface area contributed by atoms with Crippen molar-refractivity contribution in [3.05, 3.63) is 71.9 Å². The molecule has 26 heavy (non-hydrogen) atoms. The molecule has 1 fully saturated rings. The summed E-state index contributed by atoms with van der Waals surface area (Å²) in [6.45, 7) is 1.71. The van der Waals surface area contributed by atoms with E-state index < -0.39 is 0 Å². The Bertz CT molecular complexity index is 936. The van der Waals surface area contributed by atoms with Crippen molar-refractivity contribution in [3.8, 4) is 0 Å². The van der Waals surface area contributed by atoms with Crippen molar-refractivity contribution in [3.63, 3.8) is 0 Å². The molecule has 1 amide bonds. The number of carbonyl (C=O) groups is 1. The van der Waals surface area contributed by atoms with Crippen LogP contribution < -0.4 is 5.73 Å². The number of nitrogens with zero attached hydrogens (tertiary/aromatic N) is 2. The number of nitrogen functional groups attached to an aromatic ring is 1. The summed E-state index contributed by atoms with van der Waals surface area (Å²) in [7, 11) is 0. The topological polar surface area (TPSA) is 68.5 Å². The number of anilines is 1. The Hall–Kier alpha value is -2.92. The number of nitrogens with two attached hydrogens (primary N) is 1. The van der Waals surface area contributed by atoms with Gasteiger partial charge in [0.15, 0.2) is 0 Å². The summed E-state index contributed by atoms with van der Waals surface area (Å²) in [4.78, 5) is 18.5. The highest BCUT2D eigenvalue weighted by atomic mass is 16.5. The van der Waals surface area contributed by atoms with Crippen molar-refractivity contribution < 1.29 is 9.53 Å². The molecule has 2 heterocycles. The van der Waals surface area contributed by atoms with E-state index in [0.717, 1.165) is 6.42 Å². The zero-order valence-electron chi connectivity index (χ0n) is 14.5. The number of aromatic nitrogens is 1. The predicted molar refractivity (Wildman–Crippen MR) is 102 cm³/mol. The van der Waals surface area contributed by atoms with Crippen LogP contribution in [-0.2, 0) is 11.2 Å². The molecule has 0 spiro atoms.